The lowest BCUT2D eigenvalue weighted by atomic mass is 10.2. The molecule has 0 fully saturated rings. The maximum absolute atomic E-state index is 10.6. The molecule has 1 aromatic rings. The summed E-state index contributed by atoms with van der Waals surface area (Å²) in [4.78, 5) is 19.6. The van der Waals surface area contributed by atoms with Gasteiger partial charge in [0, 0.05) is 5.69 Å². The zero-order chi connectivity index (χ0) is 11.1. The second-order valence-electron chi connectivity index (χ2n) is 2.35. The van der Waals surface area contributed by atoms with Crippen molar-refractivity contribution in [1.82, 2.24) is 0 Å². The molecule has 0 aliphatic heterocycles. The van der Waals surface area contributed by atoms with Gasteiger partial charge >= 0.3 is 6.03 Å². The Balaban J connectivity index is 0.000000364. The topological polar surface area (TPSA) is 138 Å². The SMILES string of the molecule is NC(=O)c1ccccc1N.NC(N)=O. The summed E-state index contributed by atoms with van der Waals surface area (Å²) in [6.07, 6.45) is 0. The Bertz CT molecular complexity index is 334. The number of rotatable bonds is 1. The van der Waals surface area contributed by atoms with Crippen molar-refractivity contribution in [3.63, 3.8) is 0 Å². The molecule has 0 radical (unpaired) electrons. The van der Waals surface area contributed by atoms with Gasteiger partial charge in [-0.05, 0) is 12.1 Å². The number of hydrogen-bond donors (Lipinski definition) is 4. The summed E-state index contributed by atoms with van der Waals surface area (Å²) in [7, 11) is 0. The molecular weight excluding hydrogens is 184 g/mol. The summed E-state index contributed by atoms with van der Waals surface area (Å²) in [5.74, 6) is -0.488. The van der Waals surface area contributed by atoms with E-state index in [4.69, 9.17) is 16.3 Å². The molecule has 0 saturated carbocycles. The minimum absolute atomic E-state index is 0.377. The average Bonchev–Trinajstić information content (AvgIpc) is 2.03. The predicted octanol–water partition coefficient (Wildman–Crippen LogP) is -0.608. The average molecular weight is 196 g/mol. The maximum Gasteiger partial charge on any atom is 0.309 e. The van der Waals surface area contributed by atoms with E-state index in [1.54, 1.807) is 24.3 Å². The lowest BCUT2D eigenvalue weighted by Gasteiger charge is -1.97. The van der Waals surface area contributed by atoms with Crippen molar-refractivity contribution < 1.29 is 9.59 Å². The molecule has 1 rings (SSSR count). The summed E-state index contributed by atoms with van der Waals surface area (Å²) in [5.41, 5.74) is 19.7. The van der Waals surface area contributed by atoms with Crippen molar-refractivity contribution in [3.05, 3.63) is 29.8 Å². The number of primary amides is 3. The minimum Gasteiger partial charge on any atom is -0.398 e. The normalized spacial score (nSPS) is 8.29. The van der Waals surface area contributed by atoms with Crippen LogP contribution in [0.3, 0.4) is 0 Å². The minimum atomic E-state index is -0.833. The predicted molar refractivity (Wildman–Crippen MR) is 53.1 cm³/mol. The highest BCUT2D eigenvalue weighted by Crippen LogP contribution is 2.08. The van der Waals surface area contributed by atoms with Gasteiger partial charge in [-0.15, -0.1) is 0 Å². The maximum atomic E-state index is 10.6. The number of carbonyl (C=O) groups excluding carboxylic acids is 2. The van der Waals surface area contributed by atoms with Crippen LogP contribution in [0.4, 0.5) is 10.5 Å². The Labute approximate surface area is 80.8 Å². The molecule has 0 spiro atoms. The van der Waals surface area contributed by atoms with Crippen LogP contribution < -0.4 is 22.9 Å². The van der Waals surface area contributed by atoms with Crippen LogP contribution in [0.1, 0.15) is 10.4 Å². The van der Waals surface area contributed by atoms with E-state index < -0.39 is 11.9 Å². The fraction of sp³-hybridized carbons (Fsp3) is 0. The number of benzene rings is 1. The number of nitrogens with two attached hydrogens (primary N) is 4. The van der Waals surface area contributed by atoms with Gasteiger partial charge in [0.15, 0.2) is 0 Å². The summed E-state index contributed by atoms with van der Waals surface area (Å²) < 4.78 is 0. The van der Waals surface area contributed by atoms with E-state index >= 15 is 0 Å². The van der Waals surface area contributed by atoms with Gasteiger partial charge in [0.05, 0.1) is 5.56 Å². The fourth-order valence-corrected chi connectivity index (χ4v) is 0.721. The number of nitrogen functional groups attached to an aromatic ring is 1. The van der Waals surface area contributed by atoms with Crippen molar-refractivity contribution in [3.8, 4) is 0 Å². The molecular formula is C8H12N4O2. The number of para-hydroxylation sites is 1. The second-order valence-corrected chi connectivity index (χ2v) is 2.35. The van der Waals surface area contributed by atoms with E-state index in [1.807, 2.05) is 0 Å². The van der Waals surface area contributed by atoms with Gasteiger partial charge in [-0.3, -0.25) is 4.79 Å². The van der Waals surface area contributed by atoms with E-state index in [-0.39, 0.29) is 0 Å². The van der Waals surface area contributed by atoms with Crippen LogP contribution in [0.5, 0.6) is 0 Å². The summed E-state index contributed by atoms with van der Waals surface area (Å²) in [6.45, 7) is 0. The standard InChI is InChI=1S/C7H8N2O.CH4N2O/c8-6-4-2-1-3-5(6)7(9)10;2-1(3)4/h1-4H,8H2,(H2,9,10);(H4,2,3,4). The number of hydrogen-bond acceptors (Lipinski definition) is 3. The van der Waals surface area contributed by atoms with Gasteiger partial charge in [-0.2, -0.15) is 0 Å². The first-order chi connectivity index (χ1) is 6.45. The van der Waals surface area contributed by atoms with Crippen LogP contribution in [-0.4, -0.2) is 11.9 Å². The molecule has 3 amide bonds. The number of carbonyl (C=O) groups is 2. The van der Waals surface area contributed by atoms with Crippen LogP contribution in [0, 0.1) is 0 Å². The Morgan fingerprint density at radius 3 is 1.71 bits per heavy atom. The summed E-state index contributed by atoms with van der Waals surface area (Å²) in [6, 6.07) is 5.87. The molecule has 6 nitrogen and oxygen atoms in total. The van der Waals surface area contributed by atoms with E-state index in [1.165, 1.54) is 0 Å². The highest BCUT2D eigenvalue weighted by atomic mass is 16.2. The second kappa shape index (κ2) is 5.41. The van der Waals surface area contributed by atoms with Gasteiger partial charge in [-0.1, -0.05) is 12.1 Å². The molecule has 14 heavy (non-hydrogen) atoms. The van der Waals surface area contributed by atoms with E-state index in [0.717, 1.165) is 0 Å². The van der Waals surface area contributed by atoms with Crippen LogP contribution in [-0.2, 0) is 0 Å². The van der Waals surface area contributed by atoms with Crippen molar-refractivity contribution in [2.45, 2.75) is 0 Å². The van der Waals surface area contributed by atoms with Crippen molar-refractivity contribution in [2.75, 3.05) is 5.73 Å². The Kier molecular flexibility index (Phi) is 4.55. The van der Waals surface area contributed by atoms with Crippen LogP contribution in [0.25, 0.3) is 0 Å². The smallest absolute Gasteiger partial charge is 0.309 e. The molecule has 0 heterocycles. The number of anilines is 1. The molecule has 76 valence electrons. The Hall–Kier alpha value is -2.24. The largest absolute Gasteiger partial charge is 0.398 e. The van der Waals surface area contributed by atoms with Crippen molar-refractivity contribution in [2.24, 2.45) is 17.2 Å². The number of amides is 3. The molecule has 0 unspecified atom stereocenters. The van der Waals surface area contributed by atoms with Crippen molar-refractivity contribution in [1.29, 1.82) is 0 Å². The van der Waals surface area contributed by atoms with Crippen LogP contribution >= 0.6 is 0 Å². The van der Waals surface area contributed by atoms with Gasteiger partial charge < -0.3 is 22.9 Å². The Morgan fingerprint density at radius 1 is 1.00 bits per heavy atom. The van der Waals surface area contributed by atoms with Crippen molar-refractivity contribution >= 4 is 17.6 Å². The summed E-state index contributed by atoms with van der Waals surface area (Å²) >= 11 is 0. The van der Waals surface area contributed by atoms with Gasteiger partial charge in [0.2, 0.25) is 0 Å². The third kappa shape index (κ3) is 4.60. The lowest BCUT2D eigenvalue weighted by Crippen LogP contribution is -2.18. The van der Waals surface area contributed by atoms with E-state index in [2.05, 4.69) is 11.5 Å². The monoisotopic (exact) mass is 196 g/mol. The molecule has 8 N–H and O–H groups in total. The van der Waals surface area contributed by atoms with Crippen LogP contribution in [0.2, 0.25) is 0 Å². The van der Waals surface area contributed by atoms with Gasteiger partial charge in [0.25, 0.3) is 5.91 Å². The highest BCUT2D eigenvalue weighted by molar-refractivity contribution is 5.97. The molecule has 0 aliphatic rings. The van der Waals surface area contributed by atoms with E-state index in [0.29, 0.717) is 11.3 Å². The number of urea groups is 1. The molecule has 0 aromatic heterocycles. The molecule has 6 heteroatoms. The third-order valence-corrected chi connectivity index (χ3v) is 1.23. The first-order valence-electron chi connectivity index (χ1n) is 3.64. The third-order valence-electron chi connectivity index (χ3n) is 1.23. The van der Waals surface area contributed by atoms with E-state index in [9.17, 15) is 4.79 Å². The Morgan fingerprint density at radius 2 is 1.43 bits per heavy atom. The molecule has 1 aromatic carbocycles. The van der Waals surface area contributed by atoms with Gasteiger partial charge in [-0.25, -0.2) is 4.79 Å². The first kappa shape index (κ1) is 11.8. The van der Waals surface area contributed by atoms with Crippen LogP contribution in [0.15, 0.2) is 24.3 Å². The first-order valence-corrected chi connectivity index (χ1v) is 3.64. The molecule has 0 atom stereocenters. The zero-order valence-electron chi connectivity index (χ0n) is 7.44. The fourth-order valence-electron chi connectivity index (χ4n) is 0.721. The molecule has 0 bridgehead atoms. The lowest BCUT2D eigenvalue weighted by molar-refractivity contribution is 0.100. The van der Waals surface area contributed by atoms with Gasteiger partial charge in [0.1, 0.15) is 0 Å². The summed E-state index contributed by atoms with van der Waals surface area (Å²) in [5, 5.41) is 0. The quantitative estimate of drug-likeness (QED) is 0.445. The zero-order valence-corrected chi connectivity index (χ0v) is 7.44. The molecule has 0 aliphatic carbocycles. The highest BCUT2D eigenvalue weighted by Gasteiger charge is 2.01. The molecule has 0 saturated heterocycles.